The van der Waals surface area contributed by atoms with Gasteiger partial charge in [-0.1, -0.05) is 60.6 Å². The Balaban J connectivity index is 3.20. The van der Waals surface area contributed by atoms with Gasteiger partial charge in [0.15, 0.2) is 16.6 Å². The van der Waals surface area contributed by atoms with Crippen molar-refractivity contribution >= 4 is 22.9 Å². The molecule has 0 N–H and O–H groups in total. The molecule has 1 aromatic carbocycles. The maximum Gasteiger partial charge on any atom is 0.192 e. The van der Waals surface area contributed by atoms with Crippen LogP contribution in [0.5, 0.6) is 5.75 Å². The standard InChI is InChI=1S/C29H54O5Si2/c1-23(21-33-35(10,11)27(2,3)4)29(8,32-22-24-14-16-25(31-9)17-15-24)20-26(18-19-30)34-36(12,13)28(5,6)7/h14-17,19,23,26H,18,20-22H2,1-13H3/t23-,26+,29+/m0/s1. The van der Waals surface area contributed by atoms with Crippen LogP contribution in [0.1, 0.15) is 73.8 Å². The first-order chi connectivity index (χ1) is 16.3. The molecule has 1 aromatic rings. The van der Waals surface area contributed by atoms with Crippen LogP contribution in [-0.4, -0.2) is 48.3 Å². The van der Waals surface area contributed by atoms with Crippen LogP contribution in [-0.2, 0) is 25.0 Å². The molecule has 208 valence electrons. The lowest BCUT2D eigenvalue weighted by Crippen LogP contribution is -2.49. The molecule has 36 heavy (non-hydrogen) atoms. The molecule has 0 aromatic heterocycles. The predicted octanol–water partition coefficient (Wildman–Crippen LogP) is 8.00. The molecule has 0 heterocycles. The Hall–Kier alpha value is -0.996. The predicted molar refractivity (Wildman–Crippen MR) is 156 cm³/mol. The molecule has 0 aliphatic heterocycles. The summed E-state index contributed by atoms with van der Waals surface area (Å²) >= 11 is 0. The molecule has 0 saturated carbocycles. The molecule has 7 heteroatoms. The van der Waals surface area contributed by atoms with E-state index in [2.05, 4.69) is 81.6 Å². The fourth-order valence-corrected chi connectivity index (χ4v) is 5.89. The summed E-state index contributed by atoms with van der Waals surface area (Å²) in [5.74, 6) is 0.938. The number of benzene rings is 1. The van der Waals surface area contributed by atoms with E-state index in [0.717, 1.165) is 17.6 Å². The molecule has 0 saturated heterocycles. The summed E-state index contributed by atoms with van der Waals surface area (Å²) in [7, 11) is -2.31. The molecule has 0 unspecified atom stereocenters. The Morgan fingerprint density at radius 2 is 1.42 bits per heavy atom. The van der Waals surface area contributed by atoms with Gasteiger partial charge in [-0.3, -0.25) is 0 Å². The van der Waals surface area contributed by atoms with Crippen LogP contribution in [0.25, 0.3) is 0 Å². The van der Waals surface area contributed by atoms with E-state index >= 15 is 0 Å². The van der Waals surface area contributed by atoms with E-state index in [1.807, 2.05) is 24.3 Å². The van der Waals surface area contributed by atoms with Crippen molar-refractivity contribution in [3.05, 3.63) is 29.8 Å². The first-order valence-corrected chi connectivity index (χ1v) is 19.1. The summed E-state index contributed by atoms with van der Waals surface area (Å²) < 4.78 is 25.4. The summed E-state index contributed by atoms with van der Waals surface area (Å²) in [4.78, 5) is 11.7. The quantitative estimate of drug-likeness (QED) is 0.177. The third-order valence-electron chi connectivity index (χ3n) is 8.53. The summed E-state index contributed by atoms with van der Waals surface area (Å²) in [6.07, 6.45) is 1.79. The van der Waals surface area contributed by atoms with E-state index in [1.165, 1.54) is 0 Å². The van der Waals surface area contributed by atoms with Crippen molar-refractivity contribution in [2.45, 2.75) is 123 Å². The Morgan fingerprint density at radius 1 is 0.889 bits per heavy atom. The second-order valence-corrected chi connectivity index (χ2v) is 23.1. The summed E-state index contributed by atoms with van der Waals surface area (Å²) in [6.45, 7) is 28.0. The van der Waals surface area contributed by atoms with Gasteiger partial charge in [0.2, 0.25) is 0 Å². The minimum Gasteiger partial charge on any atom is -0.497 e. The Labute approximate surface area is 223 Å². The van der Waals surface area contributed by atoms with Gasteiger partial charge in [0.25, 0.3) is 0 Å². The molecule has 0 aliphatic carbocycles. The highest BCUT2D eigenvalue weighted by Crippen LogP contribution is 2.41. The molecular weight excluding hydrogens is 484 g/mol. The monoisotopic (exact) mass is 538 g/mol. The topological polar surface area (TPSA) is 54.0 Å². The zero-order chi connectivity index (χ0) is 28.0. The van der Waals surface area contributed by atoms with Crippen LogP contribution >= 0.6 is 0 Å². The lowest BCUT2D eigenvalue weighted by molar-refractivity contribution is -0.119. The number of hydrogen-bond donors (Lipinski definition) is 0. The van der Waals surface area contributed by atoms with Gasteiger partial charge in [0.05, 0.1) is 25.4 Å². The maximum absolute atomic E-state index is 11.7. The SMILES string of the molecule is COc1ccc(CO[C@](C)(C[C@@H](CC=O)O[Si](C)(C)C(C)(C)C)[C@@H](C)CO[Si](C)(C)C(C)(C)C)cc1. The lowest BCUT2D eigenvalue weighted by atomic mass is 9.85. The van der Waals surface area contributed by atoms with Gasteiger partial charge in [-0.05, 0) is 60.9 Å². The first-order valence-electron chi connectivity index (χ1n) is 13.3. The normalized spacial score (nSPS) is 16.8. The van der Waals surface area contributed by atoms with Gasteiger partial charge in [-0.25, -0.2) is 0 Å². The minimum atomic E-state index is -2.06. The van der Waals surface area contributed by atoms with Gasteiger partial charge < -0.3 is 23.1 Å². The number of methoxy groups -OCH3 is 1. The van der Waals surface area contributed by atoms with Gasteiger partial charge in [0, 0.05) is 25.4 Å². The number of carbonyl (C=O) groups excluding carboxylic acids is 1. The number of rotatable bonds is 14. The Kier molecular flexibility index (Phi) is 11.7. The van der Waals surface area contributed by atoms with Crippen molar-refractivity contribution in [1.82, 2.24) is 0 Å². The van der Waals surface area contributed by atoms with Gasteiger partial charge >= 0.3 is 0 Å². The van der Waals surface area contributed by atoms with Crippen molar-refractivity contribution in [2.24, 2.45) is 5.92 Å². The zero-order valence-electron chi connectivity index (χ0n) is 25.4. The van der Waals surface area contributed by atoms with E-state index < -0.39 is 22.2 Å². The third-order valence-corrected chi connectivity index (χ3v) is 17.6. The molecule has 3 atom stereocenters. The average molecular weight is 539 g/mol. The molecule has 0 bridgehead atoms. The maximum atomic E-state index is 11.7. The second kappa shape index (κ2) is 12.7. The first kappa shape index (κ1) is 33.0. The second-order valence-electron chi connectivity index (χ2n) is 13.5. The van der Waals surface area contributed by atoms with E-state index in [4.69, 9.17) is 18.3 Å². The third kappa shape index (κ3) is 9.39. The van der Waals surface area contributed by atoms with Crippen LogP contribution in [0.4, 0.5) is 0 Å². The Morgan fingerprint density at radius 3 is 1.86 bits per heavy atom. The van der Waals surface area contributed by atoms with Gasteiger partial charge in [0.1, 0.15) is 12.0 Å². The molecule has 1 rings (SSSR count). The number of carbonyl (C=O) groups is 1. The highest BCUT2D eigenvalue weighted by atomic mass is 28.4. The van der Waals surface area contributed by atoms with Crippen molar-refractivity contribution in [1.29, 1.82) is 0 Å². The fraction of sp³-hybridized carbons (Fsp3) is 0.759. The Bertz CT molecular complexity index is 808. The zero-order valence-corrected chi connectivity index (χ0v) is 27.4. The largest absolute Gasteiger partial charge is 0.497 e. The summed E-state index contributed by atoms with van der Waals surface area (Å²) in [6, 6.07) is 7.97. The van der Waals surface area contributed by atoms with E-state index in [1.54, 1.807) is 7.11 Å². The molecule has 0 fully saturated rings. The van der Waals surface area contributed by atoms with Crippen LogP contribution in [0.15, 0.2) is 24.3 Å². The summed E-state index contributed by atoms with van der Waals surface area (Å²) in [5, 5.41) is 0.199. The van der Waals surface area contributed by atoms with Crippen molar-refractivity contribution in [3.8, 4) is 5.75 Å². The van der Waals surface area contributed by atoms with Crippen LogP contribution in [0.3, 0.4) is 0 Å². The van der Waals surface area contributed by atoms with Crippen molar-refractivity contribution in [3.63, 3.8) is 0 Å². The molecule has 0 amide bonds. The van der Waals surface area contributed by atoms with Crippen LogP contribution in [0.2, 0.25) is 36.3 Å². The van der Waals surface area contributed by atoms with Crippen molar-refractivity contribution in [2.75, 3.05) is 13.7 Å². The summed E-state index contributed by atoms with van der Waals surface area (Å²) in [5.41, 5.74) is 0.551. The van der Waals surface area contributed by atoms with Gasteiger partial charge in [-0.15, -0.1) is 0 Å². The van der Waals surface area contributed by atoms with E-state index in [0.29, 0.717) is 26.1 Å². The van der Waals surface area contributed by atoms with Crippen molar-refractivity contribution < 1.29 is 23.1 Å². The molecule has 0 spiro atoms. The molecule has 0 radical (unpaired) electrons. The number of hydrogen-bond acceptors (Lipinski definition) is 5. The van der Waals surface area contributed by atoms with E-state index in [-0.39, 0.29) is 22.1 Å². The molecular formula is C29H54O5Si2. The minimum absolute atomic E-state index is 0.0611. The molecule has 0 aliphatic rings. The average Bonchev–Trinajstić information content (AvgIpc) is 2.74. The van der Waals surface area contributed by atoms with Crippen LogP contribution < -0.4 is 4.74 Å². The number of aldehydes is 1. The molecule has 5 nitrogen and oxygen atoms in total. The number of ether oxygens (including phenoxy) is 2. The van der Waals surface area contributed by atoms with Gasteiger partial charge in [-0.2, -0.15) is 0 Å². The fourth-order valence-electron chi connectivity index (χ4n) is 3.42. The van der Waals surface area contributed by atoms with E-state index in [9.17, 15) is 4.79 Å². The lowest BCUT2D eigenvalue weighted by Gasteiger charge is -2.44. The highest BCUT2D eigenvalue weighted by Gasteiger charge is 2.43. The smallest absolute Gasteiger partial charge is 0.192 e. The highest BCUT2D eigenvalue weighted by molar-refractivity contribution is 6.74. The van der Waals surface area contributed by atoms with Crippen LogP contribution in [0, 0.1) is 5.92 Å².